The molecule has 2 rings (SSSR count). The maximum Gasteiger partial charge on any atom is 0.334 e. The van der Waals surface area contributed by atoms with Crippen molar-refractivity contribution in [1.82, 2.24) is 5.32 Å². The van der Waals surface area contributed by atoms with Crippen LogP contribution in [-0.2, 0) is 25.6 Å². The lowest BCUT2D eigenvalue weighted by molar-refractivity contribution is -0.165. The zero-order valence-electron chi connectivity index (χ0n) is 14.6. The molecule has 1 unspecified atom stereocenters. The van der Waals surface area contributed by atoms with Crippen LogP contribution < -0.4 is 10.1 Å². The summed E-state index contributed by atoms with van der Waals surface area (Å²) < 4.78 is 14.6. The van der Waals surface area contributed by atoms with Crippen molar-refractivity contribution in [3.8, 4) is 5.75 Å². The molecule has 1 heterocycles. The highest BCUT2D eigenvalue weighted by atomic mass is 35.5. The first kappa shape index (κ1) is 21.4. The first-order chi connectivity index (χ1) is 12.8. The van der Waals surface area contributed by atoms with Crippen LogP contribution in [0.5, 0.6) is 5.75 Å². The number of ether oxygens (including phenoxy) is 3. The minimum Gasteiger partial charge on any atom is -0.495 e. The molecule has 0 radical (unpaired) electrons. The average molecular weight is 437 g/mol. The van der Waals surface area contributed by atoms with Gasteiger partial charge in [0.1, 0.15) is 17.1 Å². The van der Waals surface area contributed by atoms with Gasteiger partial charge in [0.25, 0.3) is 5.41 Å². The number of aliphatic imine (C=N–C) groups is 2. The van der Waals surface area contributed by atoms with E-state index in [1.165, 1.54) is 7.11 Å². The molecule has 27 heavy (non-hydrogen) atoms. The van der Waals surface area contributed by atoms with Gasteiger partial charge >= 0.3 is 11.9 Å². The van der Waals surface area contributed by atoms with E-state index in [4.69, 9.17) is 49.0 Å². The number of esters is 2. The van der Waals surface area contributed by atoms with Crippen LogP contribution in [-0.4, -0.2) is 49.9 Å². The van der Waals surface area contributed by atoms with Crippen molar-refractivity contribution in [2.75, 3.05) is 21.3 Å². The molecular weight excluding hydrogens is 421 g/mol. The Morgan fingerprint density at radius 2 is 1.78 bits per heavy atom. The van der Waals surface area contributed by atoms with E-state index in [1.807, 2.05) is 0 Å². The number of carbonyl (C=O) groups excluding carboxylic acids is 2. The lowest BCUT2D eigenvalue weighted by Crippen LogP contribution is -2.60. The molecular formula is C16H16Cl3N3O5. The molecule has 0 saturated heterocycles. The molecule has 1 aliphatic heterocycles. The Morgan fingerprint density at radius 1 is 1.15 bits per heavy atom. The fourth-order valence-electron chi connectivity index (χ4n) is 2.54. The van der Waals surface area contributed by atoms with E-state index >= 15 is 0 Å². The molecule has 1 aromatic rings. The molecule has 1 N–H and O–H groups in total. The second-order valence-corrected chi connectivity index (χ2v) is 6.45. The normalized spacial score (nSPS) is 18.2. The Balaban J connectivity index is 2.38. The summed E-state index contributed by atoms with van der Waals surface area (Å²) >= 11 is 18.1. The van der Waals surface area contributed by atoms with Crippen LogP contribution >= 0.6 is 34.8 Å². The zero-order chi connectivity index (χ0) is 20.2. The van der Waals surface area contributed by atoms with Gasteiger partial charge in [-0.2, -0.15) is 0 Å². The largest absolute Gasteiger partial charge is 0.495 e. The first-order valence-corrected chi connectivity index (χ1v) is 8.65. The van der Waals surface area contributed by atoms with Crippen LogP contribution in [0.2, 0.25) is 5.02 Å². The van der Waals surface area contributed by atoms with E-state index in [2.05, 4.69) is 15.3 Å². The molecule has 0 aliphatic carbocycles. The van der Waals surface area contributed by atoms with Crippen LogP contribution in [0.15, 0.2) is 28.2 Å². The van der Waals surface area contributed by atoms with Crippen molar-refractivity contribution in [2.24, 2.45) is 15.4 Å². The molecule has 0 saturated carbocycles. The molecule has 1 atom stereocenters. The van der Waals surface area contributed by atoms with E-state index in [-0.39, 0.29) is 11.8 Å². The van der Waals surface area contributed by atoms with E-state index < -0.39 is 28.7 Å². The quantitative estimate of drug-likeness (QED) is 0.417. The van der Waals surface area contributed by atoms with Crippen molar-refractivity contribution in [3.05, 3.63) is 28.8 Å². The van der Waals surface area contributed by atoms with Gasteiger partial charge < -0.3 is 14.2 Å². The predicted octanol–water partition coefficient (Wildman–Crippen LogP) is 2.34. The number of hydrogen-bond donors (Lipinski definition) is 1. The Kier molecular flexibility index (Phi) is 7.05. The molecule has 0 bridgehead atoms. The fraction of sp³-hybridized carbons (Fsp3) is 0.375. The average Bonchev–Trinajstić information content (AvgIpc) is 2.65. The van der Waals surface area contributed by atoms with Crippen LogP contribution in [0.3, 0.4) is 0 Å². The molecule has 0 aromatic heterocycles. The Labute approximate surface area is 170 Å². The summed E-state index contributed by atoms with van der Waals surface area (Å²) in [4.78, 5) is 32.7. The number of nitrogens with one attached hydrogen (secondary N) is 1. The molecule has 1 aromatic carbocycles. The summed E-state index contributed by atoms with van der Waals surface area (Å²) in [7, 11) is 3.72. The van der Waals surface area contributed by atoms with Gasteiger partial charge in [-0.3, -0.25) is 14.9 Å². The Morgan fingerprint density at radius 3 is 2.30 bits per heavy atom. The molecule has 0 spiro atoms. The summed E-state index contributed by atoms with van der Waals surface area (Å²) in [5, 5.41) is 2.70. The van der Waals surface area contributed by atoms with Crippen molar-refractivity contribution in [3.63, 3.8) is 0 Å². The van der Waals surface area contributed by atoms with Gasteiger partial charge in [-0.15, -0.1) is 0 Å². The number of rotatable bonds is 6. The fourth-order valence-corrected chi connectivity index (χ4v) is 3.39. The van der Waals surface area contributed by atoms with Gasteiger partial charge in [-0.25, -0.2) is 9.98 Å². The minimum absolute atomic E-state index is 0.169. The van der Waals surface area contributed by atoms with Gasteiger partial charge in [0.15, 0.2) is 0 Å². The number of methoxy groups -OCH3 is 3. The summed E-state index contributed by atoms with van der Waals surface area (Å²) in [5.41, 5.74) is -1.39. The lowest BCUT2D eigenvalue weighted by atomic mass is 9.84. The second-order valence-electron chi connectivity index (χ2n) is 5.34. The summed E-state index contributed by atoms with van der Waals surface area (Å²) in [5.74, 6) is -1.46. The maximum absolute atomic E-state index is 12.5. The van der Waals surface area contributed by atoms with Crippen molar-refractivity contribution < 1.29 is 23.8 Å². The monoisotopic (exact) mass is 435 g/mol. The first-order valence-electron chi connectivity index (χ1n) is 7.51. The third kappa shape index (κ3) is 4.03. The number of halogens is 3. The van der Waals surface area contributed by atoms with Gasteiger partial charge in [0, 0.05) is 6.54 Å². The standard InChI is InChI=1S/C16H16Cl3N3O5/c1-25-10-5-4-8(6-9(10)17)7-20-12-16(13(23)26-2,14(24)27-3)11(18)21-15(19)22-12/h4-6,12,20H,7H2,1-3H3. The topological polar surface area (TPSA) is 98.6 Å². The molecule has 146 valence electrons. The summed E-state index contributed by atoms with van der Waals surface area (Å²) in [6.07, 6.45) is -1.21. The number of nitrogens with zero attached hydrogens (tertiary/aromatic N) is 2. The zero-order valence-corrected chi connectivity index (χ0v) is 16.9. The third-order valence-corrected chi connectivity index (χ3v) is 4.75. The number of hydrogen-bond acceptors (Lipinski definition) is 8. The number of benzene rings is 1. The van der Waals surface area contributed by atoms with Crippen molar-refractivity contribution >= 4 is 57.2 Å². The molecule has 1 aliphatic rings. The van der Waals surface area contributed by atoms with E-state index in [0.717, 1.165) is 19.8 Å². The number of amidine groups is 1. The molecule has 0 amide bonds. The van der Waals surface area contributed by atoms with Crippen LogP contribution in [0.4, 0.5) is 0 Å². The van der Waals surface area contributed by atoms with E-state index in [9.17, 15) is 9.59 Å². The highest BCUT2D eigenvalue weighted by molar-refractivity contribution is 6.75. The predicted molar refractivity (Wildman–Crippen MR) is 102 cm³/mol. The Hall–Kier alpha value is -1.87. The van der Waals surface area contributed by atoms with Crippen molar-refractivity contribution in [1.29, 1.82) is 0 Å². The van der Waals surface area contributed by atoms with Gasteiger partial charge in [0.2, 0.25) is 5.29 Å². The minimum atomic E-state index is -2.13. The SMILES string of the molecule is COC(=O)C1(C(=O)OC)C(Cl)=NC(Cl)=NC1NCc1ccc(OC)c(Cl)c1. The van der Waals surface area contributed by atoms with E-state index in [0.29, 0.717) is 10.8 Å². The second kappa shape index (κ2) is 8.88. The lowest BCUT2D eigenvalue weighted by Gasteiger charge is -2.34. The highest BCUT2D eigenvalue weighted by Crippen LogP contribution is 2.35. The van der Waals surface area contributed by atoms with Crippen LogP contribution in [0.25, 0.3) is 0 Å². The molecule has 0 fully saturated rings. The smallest absolute Gasteiger partial charge is 0.334 e. The molecule has 11 heteroatoms. The summed E-state index contributed by atoms with van der Waals surface area (Å²) in [6.45, 7) is 0.169. The number of carbonyl (C=O) groups is 2. The van der Waals surface area contributed by atoms with Crippen molar-refractivity contribution in [2.45, 2.75) is 12.7 Å². The van der Waals surface area contributed by atoms with Gasteiger partial charge in [-0.1, -0.05) is 29.3 Å². The third-order valence-electron chi connectivity index (χ3n) is 3.89. The van der Waals surface area contributed by atoms with Crippen LogP contribution in [0, 0.1) is 5.41 Å². The maximum atomic E-state index is 12.5. The highest BCUT2D eigenvalue weighted by Gasteiger charge is 2.60. The van der Waals surface area contributed by atoms with Crippen LogP contribution in [0.1, 0.15) is 5.56 Å². The van der Waals surface area contributed by atoms with Gasteiger partial charge in [0.05, 0.1) is 26.4 Å². The molecule has 8 nitrogen and oxygen atoms in total. The van der Waals surface area contributed by atoms with E-state index in [1.54, 1.807) is 18.2 Å². The summed E-state index contributed by atoms with van der Waals surface area (Å²) in [6, 6.07) is 5.09. The Bertz CT molecular complexity index is 796. The van der Waals surface area contributed by atoms with Gasteiger partial charge in [-0.05, 0) is 29.3 Å².